The average molecular weight is 186 g/mol. The van der Waals surface area contributed by atoms with E-state index in [0.29, 0.717) is 11.3 Å². The lowest BCUT2D eigenvalue weighted by molar-refractivity contribution is 0.267. The molecule has 4 heteroatoms. The predicted molar refractivity (Wildman–Crippen MR) is 47.7 cm³/mol. The Labute approximate surface area is 78.9 Å². The first-order chi connectivity index (χ1) is 6.38. The molecule has 1 aromatic rings. The van der Waals surface area contributed by atoms with Gasteiger partial charge in [0.05, 0.1) is 20.6 Å². The minimum atomic E-state index is -1.38. The van der Waals surface area contributed by atoms with Crippen LogP contribution in [0.3, 0.4) is 0 Å². The van der Waals surface area contributed by atoms with Crippen LogP contribution in [0.2, 0.25) is 0 Å². The van der Waals surface area contributed by atoms with Crippen LogP contribution in [-0.2, 0) is 12.0 Å². The minimum absolute atomic E-state index is 0.178. The van der Waals surface area contributed by atoms with Crippen molar-refractivity contribution in [3.63, 3.8) is 0 Å². The summed E-state index contributed by atoms with van der Waals surface area (Å²) in [5.74, 6) is 0.661. The summed E-state index contributed by atoms with van der Waals surface area (Å²) in [5, 5.41) is 12.9. The molecule has 1 atom stereocenters. The Kier molecular flexibility index (Phi) is 2.22. The van der Waals surface area contributed by atoms with E-state index in [4.69, 9.17) is 10.6 Å². The molecule has 0 unspecified atom stereocenters. The Balaban J connectivity index is 3.25. The maximum absolute atomic E-state index is 9.26. The van der Waals surface area contributed by atoms with Gasteiger partial charge in [-0.25, -0.2) is 0 Å². The maximum Gasteiger partial charge on any atom is 0.259 e. The third kappa shape index (κ3) is 1.83. The molecule has 0 bridgehead atoms. The molecule has 0 saturated carbocycles. The fourth-order valence-corrected chi connectivity index (χ4v) is 1.08. The van der Waals surface area contributed by atoms with Crippen molar-refractivity contribution < 1.29 is 15.7 Å². The predicted octanol–water partition coefficient (Wildman–Crippen LogP) is 1.47. The summed E-state index contributed by atoms with van der Waals surface area (Å²) < 4.78 is 17.2. The highest BCUT2D eigenvalue weighted by Crippen LogP contribution is 2.31. The van der Waals surface area contributed by atoms with Crippen molar-refractivity contribution in [3.8, 4) is 5.88 Å². The minimum Gasteiger partial charge on any atom is -0.479 e. The van der Waals surface area contributed by atoms with Crippen LogP contribution in [0.25, 0.3) is 0 Å². The molecular formula is C9H15NO3. The highest BCUT2D eigenvalue weighted by molar-refractivity contribution is 5.31. The molecule has 13 heavy (non-hydrogen) atoms. The lowest BCUT2D eigenvalue weighted by atomic mass is 9.90. The number of aliphatic hydroxyl groups is 1. The molecule has 1 N–H and O–H groups in total. The third-order valence-electron chi connectivity index (χ3n) is 1.70. The van der Waals surface area contributed by atoms with Crippen LogP contribution in [0.15, 0.2) is 4.52 Å². The second-order valence-electron chi connectivity index (χ2n) is 3.81. The van der Waals surface area contributed by atoms with E-state index in [-0.39, 0.29) is 11.3 Å². The van der Waals surface area contributed by atoms with Gasteiger partial charge >= 0.3 is 0 Å². The van der Waals surface area contributed by atoms with Gasteiger partial charge in [0.1, 0.15) is 0 Å². The third-order valence-corrected chi connectivity index (χ3v) is 1.70. The monoisotopic (exact) mass is 186 g/mol. The molecule has 1 rings (SSSR count). The Morgan fingerprint density at radius 3 is 2.62 bits per heavy atom. The zero-order valence-corrected chi connectivity index (χ0v) is 8.29. The molecule has 1 heterocycles. The quantitative estimate of drug-likeness (QED) is 0.760. The van der Waals surface area contributed by atoms with Crippen LogP contribution in [-0.4, -0.2) is 17.4 Å². The molecule has 1 aromatic heterocycles. The van der Waals surface area contributed by atoms with Gasteiger partial charge in [-0.1, -0.05) is 20.8 Å². The SMILES string of the molecule is [2H][C@H](O)c1c(OC)noc1C(C)(C)C. The zero-order chi connectivity index (χ0) is 10.9. The molecular weight excluding hydrogens is 170 g/mol. The number of methoxy groups -OCH3 is 1. The van der Waals surface area contributed by atoms with Crippen LogP contribution in [0.1, 0.15) is 33.5 Å². The Morgan fingerprint density at radius 1 is 1.62 bits per heavy atom. The van der Waals surface area contributed by atoms with E-state index in [9.17, 15) is 5.11 Å². The highest BCUT2D eigenvalue weighted by Gasteiger charge is 2.26. The molecule has 0 spiro atoms. The first-order valence-corrected chi connectivity index (χ1v) is 4.02. The van der Waals surface area contributed by atoms with E-state index in [1.165, 1.54) is 7.11 Å². The van der Waals surface area contributed by atoms with Crippen LogP contribution in [0.5, 0.6) is 5.88 Å². The maximum atomic E-state index is 9.26. The molecule has 0 amide bonds. The van der Waals surface area contributed by atoms with Gasteiger partial charge in [-0.3, -0.25) is 0 Å². The largest absolute Gasteiger partial charge is 0.479 e. The topological polar surface area (TPSA) is 55.5 Å². The van der Waals surface area contributed by atoms with Crippen LogP contribution < -0.4 is 4.74 Å². The van der Waals surface area contributed by atoms with E-state index >= 15 is 0 Å². The number of aliphatic hydroxyl groups excluding tert-OH is 1. The van der Waals surface area contributed by atoms with Gasteiger partial charge in [0.15, 0.2) is 5.76 Å². The molecule has 0 aliphatic rings. The highest BCUT2D eigenvalue weighted by atomic mass is 16.5. The van der Waals surface area contributed by atoms with Crippen molar-refractivity contribution in [2.75, 3.05) is 7.11 Å². The summed E-state index contributed by atoms with van der Waals surface area (Å²) in [4.78, 5) is 0. The van der Waals surface area contributed by atoms with Crippen molar-refractivity contribution >= 4 is 0 Å². The molecule has 4 nitrogen and oxygen atoms in total. The van der Waals surface area contributed by atoms with E-state index in [1.807, 2.05) is 20.8 Å². The Morgan fingerprint density at radius 2 is 2.23 bits per heavy atom. The number of hydrogen-bond donors (Lipinski definition) is 1. The number of ether oxygens (including phenoxy) is 1. The molecule has 0 fully saturated rings. The van der Waals surface area contributed by atoms with Gasteiger partial charge in [0.25, 0.3) is 5.88 Å². The second kappa shape index (κ2) is 3.38. The molecule has 0 aromatic carbocycles. The van der Waals surface area contributed by atoms with Gasteiger partial charge in [-0.15, -0.1) is 0 Å². The molecule has 74 valence electrons. The zero-order valence-electron chi connectivity index (χ0n) is 9.29. The van der Waals surface area contributed by atoms with Crippen LogP contribution in [0, 0.1) is 0 Å². The van der Waals surface area contributed by atoms with Crippen LogP contribution >= 0.6 is 0 Å². The second-order valence-corrected chi connectivity index (χ2v) is 3.81. The van der Waals surface area contributed by atoms with E-state index in [2.05, 4.69) is 5.16 Å². The fraction of sp³-hybridized carbons (Fsp3) is 0.667. The molecule has 0 saturated heterocycles. The Hall–Kier alpha value is -1.03. The smallest absolute Gasteiger partial charge is 0.259 e. The van der Waals surface area contributed by atoms with E-state index in [1.54, 1.807) is 0 Å². The van der Waals surface area contributed by atoms with Gasteiger partial charge in [0.2, 0.25) is 0 Å². The fourth-order valence-electron chi connectivity index (χ4n) is 1.08. The van der Waals surface area contributed by atoms with Crippen LogP contribution in [0.4, 0.5) is 0 Å². The summed E-state index contributed by atoms with van der Waals surface area (Å²) in [5.41, 5.74) is 0.00113. The number of hydrogen-bond acceptors (Lipinski definition) is 4. The van der Waals surface area contributed by atoms with E-state index < -0.39 is 6.58 Å². The molecule has 0 aliphatic heterocycles. The van der Waals surface area contributed by atoms with Crippen molar-refractivity contribution in [3.05, 3.63) is 11.3 Å². The first-order valence-electron chi connectivity index (χ1n) is 4.60. The van der Waals surface area contributed by atoms with Gasteiger partial charge in [-0.2, -0.15) is 0 Å². The van der Waals surface area contributed by atoms with Gasteiger partial charge in [0, 0.05) is 5.41 Å². The summed E-state index contributed by atoms with van der Waals surface area (Å²) >= 11 is 0. The lowest BCUT2D eigenvalue weighted by Gasteiger charge is -2.14. The van der Waals surface area contributed by atoms with Crippen molar-refractivity contribution in [2.24, 2.45) is 0 Å². The molecule has 0 aliphatic carbocycles. The van der Waals surface area contributed by atoms with Crippen molar-refractivity contribution in [1.82, 2.24) is 5.16 Å². The lowest BCUT2D eigenvalue weighted by Crippen LogP contribution is -2.12. The number of rotatable bonds is 2. The summed E-state index contributed by atoms with van der Waals surface area (Å²) in [6.45, 7) is 4.36. The van der Waals surface area contributed by atoms with Crippen molar-refractivity contribution in [1.29, 1.82) is 0 Å². The van der Waals surface area contributed by atoms with Gasteiger partial charge < -0.3 is 14.4 Å². The van der Waals surface area contributed by atoms with Crippen molar-refractivity contribution in [2.45, 2.75) is 32.8 Å². The average Bonchev–Trinajstić information content (AvgIpc) is 2.45. The van der Waals surface area contributed by atoms with E-state index in [0.717, 1.165) is 0 Å². The first kappa shape index (κ1) is 8.56. The standard InChI is InChI=1S/C9H15NO3/c1-9(2,3)7-6(5-11)8(12-4)10-13-7/h11H,5H2,1-4H3/i5D/t5-/m0/s1. The Bertz CT molecular complexity index is 314. The van der Waals surface area contributed by atoms with Gasteiger partial charge in [-0.05, 0) is 5.16 Å². The number of nitrogens with zero attached hydrogens (tertiary/aromatic N) is 1. The normalized spacial score (nSPS) is 15.3. The summed E-state index contributed by atoms with van der Waals surface area (Å²) in [6, 6.07) is 0. The summed E-state index contributed by atoms with van der Waals surface area (Å²) in [7, 11) is 1.43. The summed E-state index contributed by atoms with van der Waals surface area (Å²) in [6.07, 6.45) is 0. The number of aromatic nitrogens is 1. The molecule has 0 radical (unpaired) electrons.